The van der Waals surface area contributed by atoms with Crippen LogP contribution in [0.5, 0.6) is 0 Å². The van der Waals surface area contributed by atoms with Crippen molar-refractivity contribution in [2.45, 2.75) is 19.4 Å². The third kappa shape index (κ3) is 1.48. The Kier molecular flexibility index (Phi) is 2.27. The summed E-state index contributed by atoms with van der Waals surface area (Å²) >= 11 is 0. The van der Waals surface area contributed by atoms with Gasteiger partial charge in [0.25, 0.3) is 0 Å². The van der Waals surface area contributed by atoms with Crippen molar-refractivity contribution in [1.29, 1.82) is 0 Å². The average Bonchev–Trinajstić information content (AvgIpc) is 2.34. The van der Waals surface area contributed by atoms with Crippen molar-refractivity contribution >= 4 is 5.97 Å². The summed E-state index contributed by atoms with van der Waals surface area (Å²) < 4.78 is 4.58. The van der Waals surface area contributed by atoms with Crippen LogP contribution in [0.15, 0.2) is 0 Å². The van der Waals surface area contributed by atoms with Crippen LogP contribution in [0.4, 0.5) is 0 Å². The van der Waals surface area contributed by atoms with Crippen molar-refractivity contribution in [1.82, 2.24) is 5.32 Å². The van der Waals surface area contributed by atoms with Crippen LogP contribution in [0.2, 0.25) is 0 Å². The number of hydrogen-bond donors (Lipinski definition) is 1. The first-order valence-corrected chi connectivity index (χ1v) is 3.55. The second-order valence-corrected chi connectivity index (χ2v) is 2.82. The van der Waals surface area contributed by atoms with Gasteiger partial charge in [-0.2, -0.15) is 0 Å². The second-order valence-electron chi connectivity index (χ2n) is 2.82. The summed E-state index contributed by atoms with van der Waals surface area (Å²) in [7, 11) is 1.42. The quantitative estimate of drug-likeness (QED) is 0.531. The second kappa shape index (κ2) is 3.01. The molecule has 1 fully saturated rings. The summed E-state index contributed by atoms with van der Waals surface area (Å²) in [6, 6.07) is -0.0556. The molecule has 1 aliphatic heterocycles. The maximum Gasteiger partial charge on any atom is 0.322 e. The van der Waals surface area contributed by atoms with E-state index < -0.39 is 0 Å². The fourth-order valence-electron chi connectivity index (χ4n) is 1.23. The molecule has 2 atom stereocenters. The third-order valence-electron chi connectivity index (χ3n) is 1.84. The van der Waals surface area contributed by atoms with Crippen LogP contribution in [0.3, 0.4) is 0 Å². The molecule has 0 aromatic rings. The van der Waals surface area contributed by atoms with Crippen LogP contribution in [-0.2, 0) is 9.53 Å². The maximum atomic E-state index is 10.9. The molecule has 0 bridgehead atoms. The lowest BCUT2D eigenvalue weighted by atomic mass is 10.1. The Hall–Kier alpha value is -0.570. The predicted octanol–water partition coefficient (Wildman–Crippen LogP) is 0.157. The molecule has 10 heavy (non-hydrogen) atoms. The van der Waals surface area contributed by atoms with Crippen molar-refractivity contribution in [2.75, 3.05) is 13.7 Å². The molecule has 0 saturated carbocycles. The van der Waals surface area contributed by atoms with Gasteiger partial charge in [-0.15, -0.1) is 0 Å². The van der Waals surface area contributed by atoms with Crippen molar-refractivity contribution in [2.24, 2.45) is 5.92 Å². The molecule has 0 unspecified atom stereocenters. The van der Waals surface area contributed by atoms with Gasteiger partial charge in [-0.3, -0.25) is 4.79 Å². The summed E-state index contributed by atoms with van der Waals surface area (Å²) in [5, 5.41) is 3.08. The number of nitrogens with one attached hydrogen (secondary N) is 1. The van der Waals surface area contributed by atoms with Crippen LogP contribution >= 0.6 is 0 Å². The van der Waals surface area contributed by atoms with Gasteiger partial charge in [0.05, 0.1) is 7.11 Å². The van der Waals surface area contributed by atoms with Gasteiger partial charge in [0.1, 0.15) is 6.04 Å². The number of carbonyl (C=O) groups is 1. The Morgan fingerprint density at radius 1 is 1.70 bits per heavy atom. The Morgan fingerprint density at radius 3 is 2.80 bits per heavy atom. The highest BCUT2D eigenvalue weighted by Crippen LogP contribution is 2.13. The minimum atomic E-state index is -0.135. The van der Waals surface area contributed by atoms with Crippen LogP contribution in [-0.4, -0.2) is 25.7 Å². The lowest BCUT2D eigenvalue weighted by molar-refractivity contribution is -0.142. The molecule has 3 nitrogen and oxygen atoms in total. The van der Waals surface area contributed by atoms with E-state index in [-0.39, 0.29) is 12.0 Å². The molecule has 0 aromatic heterocycles. The van der Waals surface area contributed by atoms with Crippen LogP contribution in [0.25, 0.3) is 0 Å². The van der Waals surface area contributed by atoms with E-state index >= 15 is 0 Å². The first-order chi connectivity index (χ1) is 4.74. The fraction of sp³-hybridized carbons (Fsp3) is 0.857. The Bertz CT molecular complexity index is 136. The average molecular weight is 143 g/mol. The maximum absolute atomic E-state index is 10.9. The van der Waals surface area contributed by atoms with Gasteiger partial charge in [0.2, 0.25) is 0 Å². The first-order valence-electron chi connectivity index (χ1n) is 3.55. The summed E-state index contributed by atoms with van der Waals surface area (Å²) in [5.74, 6) is 0.466. The van der Waals surface area contributed by atoms with E-state index in [2.05, 4.69) is 17.0 Å². The summed E-state index contributed by atoms with van der Waals surface area (Å²) in [6.45, 7) is 3.05. The molecule has 58 valence electrons. The highest BCUT2D eigenvalue weighted by Gasteiger charge is 2.26. The van der Waals surface area contributed by atoms with Gasteiger partial charge in [0.15, 0.2) is 0 Å². The van der Waals surface area contributed by atoms with E-state index in [0.29, 0.717) is 5.92 Å². The fourth-order valence-corrected chi connectivity index (χ4v) is 1.23. The van der Waals surface area contributed by atoms with Crippen molar-refractivity contribution < 1.29 is 9.53 Å². The summed E-state index contributed by atoms with van der Waals surface area (Å²) in [6.07, 6.45) is 0.909. The molecule has 1 heterocycles. The van der Waals surface area contributed by atoms with Crippen molar-refractivity contribution in [3.63, 3.8) is 0 Å². The third-order valence-corrected chi connectivity index (χ3v) is 1.84. The molecule has 0 radical (unpaired) electrons. The van der Waals surface area contributed by atoms with Crippen molar-refractivity contribution in [3.05, 3.63) is 0 Å². The minimum Gasteiger partial charge on any atom is -0.468 e. The normalized spacial score (nSPS) is 32.2. The standard InChI is InChI=1S/C7H13NO2/c1-5-3-6(8-4-5)7(9)10-2/h5-6,8H,3-4H2,1-2H3/t5-,6+/m1/s1. The highest BCUT2D eigenvalue weighted by molar-refractivity contribution is 5.75. The van der Waals surface area contributed by atoms with Gasteiger partial charge in [-0.1, -0.05) is 6.92 Å². The monoisotopic (exact) mass is 143 g/mol. The number of esters is 1. The predicted molar refractivity (Wildman–Crippen MR) is 37.6 cm³/mol. The zero-order valence-corrected chi connectivity index (χ0v) is 6.39. The van der Waals surface area contributed by atoms with Crippen LogP contribution in [0, 0.1) is 5.92 Å². The molecule has 1 aliphatic rings. The number of rotatable bonds is 1. The highest BCUT2D eigenvalue weighted by atomic mass is 16.5. The lowest BCUT2D eigenvalue weighted by Crippen LogP contribution is -2.31. The Labute approximate surface area is 60.7 Å². The molecule has 1 rings (SSSR count). The number of hydrogen-bond acceptors (Lipinski definition) is 3. The van der Waals surface area contributed by atoms with Crippen LogP contribution < -0.4 is 5.32 Å². The molecule has 0 spiro atoms. The Morgan fingerprint density at radius 2 is 2.40 bits per heavy atom. The van der Waals surface area contributed by atoms with Gasteiger partial charge in [-0.25, -0.2) is 0 Å². The van der Waals surface area contributed by atoms with E-state index in [1.807, 2.05) is 0 Å². The van der Waals surface area contributed by atoms with Crippen molar-refractivity contribution in [3.8, 4) is 0 Å². The zero-order chi connectivity index (χ0) is 7.56. The topological polar surface area (TPSA) is 38.3 Å². The number of ether oxygens (including phenoxy) is 1. The molecule has 0 aromatic carbocycles. The van der Waals surface area contributed by atoms with E-state index in [1.165, 1.54) is 7.11 Å². The van der Waals surface area contributed by atoms with Gasteiger partial charge < -0.3 is 10.1 Å². The summed E-state index contributed by atoms with van der Waals surface area (Å²) in [4.78, 5) is 10.9. The van der Waals surface area contributed by atoms with E-state index in [0.717, 1.165) is 13.0 Å². The van der Waals surface area contributed by atoms with Crippen LogP contribution in [0.1, 0.15) is 13.3 Å². The van der Waals surface area contributed by atoms with E-state index in [9.17, 15) is 4.79 Å². The minimum absolute atomic E-state index is 0.0556. The Balaban J connectivity index is 2.37. The molecule has 1 N–H and O–H groups in total. The van der Waals surface area contributed by atoms with Gasteiger partial charge in [-0.05, 0) is 18.9 Å². The molecule has 1 saturated heterocycles. The van der Waals surface area contributed by atoms with Gasteiger partial charge >= 0.3 is 5.97 Å². The summed E-state index contributed by atoms with van der Waals surface area (Å²) in [5.41, 5.74) is 0. The lowest BCUT2D eigenvalue weighted by Gasteiger charge is -2.05. The smallest absolute Gasteiger partial charge is 0.322 e. The number of carbonyl (C=O) groups excluding carboxylic acids is 1. The van der Waals surface area contributed by atoms with Gasteiger partial charge in [0, 0.05) is 0 Å². The zero-order valence-electron chi connectivity index (χ0n) is 6.39. The van der Waals surface area contributed by atoms with E-state index in [4.69, 9.17) is 0 Å². The van der Waals surface area contributed by atoms with E-state index in [1.54, 1.807) is 0 Å². The largest absolute Gasteiger partial charge is 0.468 e. The molecule has 0 aliphatic carbocycles. The molecular weight excluding hydrogens is 130 g/mol. The molecule has 0 amide bonds. The molecule has 3 heteroatoms. The molecular formula is C7H13NO2. The number of methoxy groups -OCH3 is 1. The SMILES string of the molecule is COC(=O)[C@@H]1C[C@@H](C)CN1. The first kappa shape index (κ1) is 7.54.